The molecule has 2 heterocycles. The van der Waals surface area contributed by atoms with Gasteiger partial charge >= 0.3 is 6.18 Å². The Hall–Kier alpha value is -1.25. The molecule has 4 nitrogen and oxygen atoms in total. The summed E-state index contributed by atoms with van der Waals surface area (Å²) >= 11 is 1.51. The van der Waals surface area contributed by atoms with Crippen LogP contribution in [0.4, 0.5) is 13.2 Å². The quantitative estimate of drug-likeness (QED) is 0.786. The highest BCUT2D eigenvalue weighted by atomic mass is 32.2. The lowest BCUT2D eigenvalue weighted by atomic mass is 10.1. The molecule has 0 saturated carbocycles. The number of quaternary nitrogens is 2. The Bertz CT molecular complexity index is 602. The molecular formula is C17H24F3N3OS+2. The number of nitrogens with zero attached hydrogens (tertiary/aromatic N) is 1. The second-order valence-corrected chi connectivity index (χ2v) is 8.07. The first-order chi connectivity index (χ1) is 11.9. The molecule has 0 unspecified atom stereocenters. The lowest BCUT2D eigenvalue weighted by molar-refractivity contribution is -0.946. The molecule has 1 amide bonds. The molecule has 3 N–H and O–H groups in total. The topological polar surface area (TPSA) is 41.4 Å². The summed E-state index contributed by atoms with van der Waals surface area (Å²) in [5.41, 5.74) is 0.108. The highest BCUT2D eigenvalue weighted by molar-refractivity contribution is 8.01. The average molecular weight is 375 g/mol. The first-order valence-corrected chi connectivity index (χ1v) is 9.59. The molecular weight excluding hydrogens is 351 g/mol. The Balaban J connectivity index is 1.70. The van der Waals surface area contributed by atoms with Crippen molar-refractivity contribution in [3.05, 3.63) is 35.4 Å². The van der Waals surface area contributed by atoms with Gasteiger partial charge in [-0.05, 0) is 24.6 Å². The van der Waals surface area contributed by atoms with Gasteiger partial charge in [-0.1, -0.05) is 12.1 Å². The predicted octanol–water partition coefficient (Wildman–Crippen LogP) is 0.130. The highest BCUT2D eigenvalue weighted by Gasteiger charge is 2.39. The minimum Gasteiger partial charge on any atom is -0.337 e. The van der Waals surface area contributed by atoms with Crippen LogP contribution in [0.5, 0.6) is 0 Å². The predicted molar refractivity (Wildman–Crippen MR) is 90.2 cm³/mol. The fourth-order valence-electron chi connectivity index (χ4n) is 3.41. The van der Waals surface area contributed by atoms with Crippen LogP contribution >= 0.6 is 11.8 Å². The van der Waals surface area contributed by atoms with Crippen LogP contribution in [0, 0.1) is 0 Å². The van der Waals surface area contributed by atoms with Crippen LogP contribution < -0.4 is 10.2 Å². The van der Waals surface area contributed by atoms with Crippen LogP contribution in [0.3, 0.4) is 0 Å². The summed E-state index contributed by atoms with van der Waals surface area (Å²) in [5.74, 6) is 0.0814. The van der Waals surface area contributed by atoms with Crippen LogP contribution in [0.25, 0.3) is 0 Å². The second-order valence-electron chi connectivity index (χ2n) is 6.65. The molecule has 1 aromatic carbocycles. The number of benzene rings is 1. The van der Waals surface area contributed by atoms with Gasteiger partial charge in [-0.15, -0.1) is 11.8 Å². The maximum absolute atomic E-state index is 12.7. The van der Waals surface area contributed by atoms with Crippen molar-refractivity contribution in [2.24, 2.45) is 0 Å². The van der Waals surface area contributed by atoms with E-state index >= 15 is 0 Å². The summed E-state index contributed by atoms with van der Waals surface area (Å²) in [6.45, 7) is 7.81. The Morgan fingerprint density at radius 1 is 1.24 bits per heavy atom. The molecule has 2 fully saturated rings. The van der Waals surface area contributed by atoms with E-state index in [0.29, 0.717) is 6.54 Å². The monoisotopic (exact) mass is 375 g/mol. The second kappa shape index (κ2) is 7.55. The van der Waals surface area contributed by atoms with Crippen molar-refractivity contribution < 1.29 is 28.2 Å². The van der Waals surface area contributed by atoms with Crippen molar-refractivity contribution in [2.75, 3.05) is 39.3 Å². The first kappa shape index (κ1) is 18.5. The Morgan fingerprint density at radius 2 is 1.88 bits per heavy atom. The van der Waals surface area contributed by atoms with E-state index in [1.807, 2.05) is 11.8 Å². The number of thioether (sulfide) groups is 1. The summed E-state index contributed by atoms with van der Waals surface area (Å²) in [6, 6.07) is 5.21. The third-order valence-corrected chi connectivity index (χ3v) is 6.27. The maximum Gasteiger partial charge on any atom is 0.416 e. The summed E-state index contributed by atoms with van der Waals surface area (Å²) in [6.07, 6.45) is -4.33. The molecule has 1 aromatic rings. The molecule has 0 bridgehead atoms. The average Bonchev–Trinajstić information content (AvgIpc) is 2.88. The number of nitrogens with two attached hydrogens (primary N) is 1. The molecule has 3 rings (SSSR count). The summed E-state index contributed by atoms with van der Waals surface area (Å²) in [4.78, 5) is 15.8. The Labute approximate surface area is 149 Å². The molecule has 2 saturated heterocycles. The minimum atomic E-state index is -4.33. The smallest absolute Gasteiger partial charge is 0.337 e. The maximum atomic E-state index is 12.7. The van der Waals surface area contributed by atoms with E-state index in [2.05, 4.69) is 5.32 Å². The van der Waals surface area contributed by atoms with E-state index in [0.717, 1.165) is 50.4 Å². The molecule has 2 aliphatic heterocycles. The van der Waals surface area contributed by atoms with Crippen LogP contribution in [0.2, 0.25) is 0 Å². The molecule has 0 spiro atoms. The SMILES string of the molecule is C[C@@H]1S[C@H](c2ccc(C(F)(F)F)cc2)N(CC[NH+]2CC[NH2+]CC2)C1=O. The van der Waals surface area contributed by atoms with Crippen molar-refractivity contribution in [2.45, 2.75) is 23.7 Å². The van der Waals surface area contributed by atoms with Gasteiger partial charge in [0.1, 0.15) is 31.6 Å². The fourth-order valence-corrected chi connectivity index (χ4v) is 4.72. The molecule has 2 atom stereocenters. The zero-order valence-electron chi connectivity index (χ0n) is 14.2. The largest absolute Gasteiger partial charge is 0.416 e. The number of nitrogens with one attached hydrogen (secondary N) is 1. The van der Waals surface area contributed by atoms with Crippen LogP contribution in [-0.2, 0) is 11.0 Å². The summed E-state index contributed by atoms with van der Waals surface area (Å²) in [5, 5.41) is 1.95. The van der Waals surface area contributed by atoms with Crippen molar-refractivity contribution >= 4 is 17.7 Å². The third kappa shape index (κ3) is 4.30. The molecule has 0 radical (unpaired) electrons. The Kier molecular flexibility index (Phi) is 5.60. The van der Waals surface area contributed by atoms with E-state index in [-0.39, 0.29) is 16.5 Å². The highest BCUT2D eigenvalue weighted by Crippen LogP contribution is 2.43. The number of carbonyl (C=O) groups excluding carboxylic acids is 1. The summed E-state index contributed by atoms with van der Waals surface area (Å²) < 4.78 is 38.2. The van der Waals surface area contributed by atoms with Crippen LogP contribution in [0.15, 0.2) is 24.3 Å². The minimum absolute atomic E-state index is 0.0814. The van der Waals surface area contributed by atoms with Gasteiger partial charge < -0.3 is 15.1 Å². The van der Waals surface area contributed by atoms with Gasteiger partial charge in [-0.2, -0.15) is 13.2 Å². The first-order valence-electron chi connectivity index (χ1n) is 8.64. The van der Waals surface area contributed by atoms with Gasteiger partial charge in [-0.3, -0.25) is 4.79 Å². The van der Waals surface area contributed by atoms with Gasteiger partial charge in [0.05, 0.1) is 23.9 Å². The van der Waals surface area contributed by atoms with Crippen molar-refractivity contribution in [1.29, 1.82) is 0 Å². The fraction of sp³-hybridized carbons (Fsp3) is 0.588. The molecule has 138 valence electrons. The molecule has 0 aromatic heterocycles. The van der Waals surface area contributed by atoms with Crippen molar-refractivity contribution in [1.82, 2.24) is 4.90 Å². The molecule has 25 heavy (non-hydrogen) atoms. The lowest BCUT2D eigenvalue weighted by Crippen LogP contribution is -3.20. The van der Waals surface area contributed by atoms with E-state index in [9.17, 15) is 18.0 Å². The van der Waals surface area contributed by atoms with Crippen LogP contribution in [0.1, 0.15) is 23.4 Å². The van der Waals surface area contributed by atoms with E-state index < -0.39 is 11.7 Å². The van der Waals surface area contributed by atoms with Gasteiger partial charge in [0.25, 0.3) is 0 Å². The number of amides is 1. The number of hydrogen-bond donors (Lipinski definition) is 2. The zero-order chi connectivity index (χ0) is 18.0. The lowest BCUT2D eigenvalue weighted by Gasteiger charge is -2.28. The van der Waals surface area contributed by atoms with Gasteiger partial charge in [-0.25, -0.2) is 0 Å². The van der Waals surface area contributed by atoms with Gasteiger partial charge in [0.2, 0.25) is 5.91 Å². The number of hydrogen-bond acceptors (Lipinski definition) is 2. The zero-order valence-corrected chi connectivity index (χ0v) is 15.0. The molecule has 8 heteroatoms. The number of alkyl halides is 3. The summed E-state index contributed by atoms with van der Waals surface area (Å²) in [7, 11) is 0. The van der Waals surface area contributed by atoms with E-state index in [1.165, 1.54) is 28.8 Å². The molecule has 0 aliphatic carbocycles. The number of halogens is 3. The third-order valence-electron chi connectivity index (χ3n) is 4.88. The van der Waals surface area contributed by atoms with Gasteiger partial charge in [0, 0.05) is 0 Å². The van der Waals surface area contributed by atoms with Crippen LogP contribution in [-0.4, -0.2) is 55.3 Å². The van der Waals surface area contributed by atoms with Crippen molar-refractivity contribution in [3.63, 3.8) is 0 Å². The molecule has 2 aliphatic rings. The number of carbonyl (C=O) groups is 1. The Morgan fingerprint density at radius 3 is 2.48 bits per heavy atom. The van der Waals surface area contributed by atoms with Gasteiger partial charge in [0.15, 0.2) is 0 Å². The standard InChI is InChI=1S/C17H22F3N3OS/c1-12-15(24)23(11-10-22-8-6-21-7-9-22)16(25-12)13-2-4-14(5-3-13)17(18,19)20/h2-5,12,16,21H,6-11H2,1H3/p+2/t12-,16+/m0/s1. The number of rotatable bonds is 4. The van der Waals surface area contributed by atoms with E-state index in [1.54, 1.807) is 0 Å². The normalized spacial score (nSPS) is 25.6. The number of piperazine rings is 1. The van der Waals surface area contributed by atoms with E-state index in [4.69, 9.17) is 0 Å². The van der Waals surface area contributed by atoms with Crippen molar-refractivity contribution in [3.8, 4) is 0 Å².